The lowest BCUT2D eigenvalue weighted by Crippen LogP contribution is -2.32. The first-order valence-electron chi connectivity index (χ1n) is 11.0. The largest absolute Gasteiger partial charge is 0.382 e. The Balaban J connectivity index is 1.75. The number of aromatic nitrogens is 3. The highest BCUT2D eigenvalue weighted by atomic mass is 79.9. The third-order valence-corrected chi connectivity index (χ3v) is 6.84. The van der Waals surface area contributed by atoms with E-state index in [2.05, 4.69) is 57.7 Å². The summed E-state index contributed by atoms with van der Waals surface area (Å²) < 4.78 is 2.82. The quantitative estimate of drug-likeness (QED) is 0.398. The molecule has 1 aliphatic rings. The molecule has 3 aromatic rings. The van der Waals surface area contributed by atoms with Gasteiger partial charge < -0.3 is 15.5 Å². The summed E-state index contributed by atoms with van der Waals surface area (Å²) in [4.78, 5) is 35.4. The Bertz CT molecular complexity index is 1380. The minimum Gasteiger partial charge on any atom is -0.382 e. The summed E-state index contributed by atoms with van der Waals surface area (Å²) >= 11 is 13.4. The molecule has 0 saturated heterocycles. The van der Waals surface area contributed by atoms with Crippen LogP contribution in [-0.4, -0.2) is 45.4 Å². The first kappa shape index (κ1) is 26.3. The van der Waals surface area contributed by atoms with Gasteiger partial charge >= 0.3 is 0 Å². The molecule has 1 aliphatic heterocycles. The number of carbonyl (C=O) groups excluding carboxylic acids is 2. The molecule has 2 aromatic heterocycles. The van der Waals surface area contributed by atoms with Crippen LogP contribution in [-0.2, 0) is 15.0 Å². The second-order valence-corrected chi connectivity index (χ2v) is 11.3. The number of oxime groups is 1. The average Bonchev–Trinajstić information content (AvgIpc) is 3.48. The van der Waals surface area contributed by atoms with Crippen LogP contribution in [0.4, 0.5) is 5.69 Å². The lowest BCUT2D eigenvalue weighted by Gasteiger charge is -2.14. The van der Waals surface area contributed by atoms with Gasteiger partial charge in [0, 0.05) is 39.6 Å². The summed E-state index contributed by atoms with van der Waals surface area (Å²) in [6.07, 6.45) is 1.10. The summed E-state index contributed by atoms with van der Waals surface area (Å²) in [5, 5.41) is 14.7. The van der Waals surface area contributed by atoms with Crippen molar-refractivity contribution in [2.24, 2.45) is 5.16 Å². The molecule has 0 fully saturated rings. The van der Waals surface area contributed by atoms with Gasteiger partial charge in [-0.2, -0.15) is 5.10 Å². The van der Waals surface area contributed by atoms with Crippen molar-refractivity contribution in [3.8, 4) is 5.82 Å². The first-order chi connectivity index (χ1) is 17.0. The molecule has 36 heavy (non-hydrogen) atoms. The van der Waals surface area contributed by atoms with Crippen LogP contribution in [0.25, 0.3) is 5.82 Å². The molecule has 188 valence electrons. The monoisotopic (exact) mass is 636 g/mol. The van der Waals surface area contributed by atoms with Gasteiger partial charge in [0.15, 0.2) is 5.82 Å². The maximum atomic E-state index is 13.7. The van der Waals surface area contributed by atoms with Gasteiger partial charge in [-0.3, -0.25) is 9.59 Å². The molecule has 0 radical (unpaired) electrons. The molecule has 0 bridgehead atoms. The molecule has 0 spiro atoms. The van der Waals surface area contributed by atoms with Crippen molar-refractivity contribution in [1.82, 2.24) is 20.1 Å². The molecule has 4 rings (SSSR count). The molecular weight excluding hydrogens is 616 g/mol. The van der Waals surface area contributed by atoms with Gasteiger partial charge in [-0.05, 0) is 46.3 Å². The number of hydrogen-bond acceptors (Lipinski definition) is 6. The number of pyridine rings is 1. The fraction of sp³-hybridized carbons (Fsp3) is 0.292. The number of amides is 2. The maximum Gasteiger partial charge on any atom is 0.274 e. The summed E-state index contributed by atoms with van der Waals surface area (Å²) in [5.74, 6) is -0.359. The van der Waals surface area contributed by atoms with Crippen molar-refractivity contribution in [3.63, 3.8) is 0 Å². The third kappa shape index (κ3) is 5.33. The van der Waals surface area contributed by atoms with Crippen molar-refractivity contribution in [2.45, 2.75) is 38.7 Å². The van der Waals surface area contributed by atoms with Gasteiger partial charge in [0.1, 0.15) is 5.69 Å². The summed E-state index contributed by atoms with van der Waals surface area (Å²) in [5.41, 5.74) is 2.24. The van der Waals surface area contributed by atoms with Gasteiger partial charge in [-0.1, -0.05) is 53.5 Å². The van der Waals surface area contributed by atoms with Crippen LogP contribution < -0.4 is 10.6 Å². The highest BCUT2D eigenvalue weighted by Crippen LogP contribution is 2.34. The Hall–Kier alpha value is -2.76. The zero-order valence-corrected chi connectivity index (χ0v) is 23.8. The van der Waals surface area contributed by atoms with E-state index in [1.54, 1.807) is 30.5 Å². The van der Waals surface area contributed by atoms with E-state index in [-0.39, 0.29) is 23.4 Å². The van der Waals surface area contributed by atoms with Crippen LogP contribution >= 0.6 is 43.5 Å². The van der Waals surface area contributed by atoms with Crippen LogP contribution in [0.2, 0.25) is 5.02 Å². The SMILES string of the molecule is CNC(=O)C1CC(c2cc(Br)cc(Br)c2NC(=O)c2cc(C(C)(C)C)nn2-c2ncccc2Cl)=NO1. The van der Waals surface area contributed by atoms with E-state index in [0.717, 1.165) is 4.47 Å². The molecule has 1 unspecified atom stereocenters. The van der Waals surface area contributed by atoms with Crippen molar-refractivity contribution in [3.05, 3.63) is 67.4 Å². The van der Waals surface area contributed by atoms with Crippen molar-refractivity contribution < 1.29 is 14.4 Å². The van der Waals surface area contributed by atoms with E-state index in [9.17, 15) is 9.59 Å². The number of benzene rings is 1. The van der Waals surface area contributed by atoms with Crippen LogP contribution in [0.15, 0.2) is 50.6 Å². The molecule has 1 aromatic carbocycles. The van der Waals surface area contributed by atoms with E-state index < -0.39 is 12.0 Å². The van der Waals surface area contributed by atoms with E-state index in [0.29, 0.717) is 38.0 Å². The summed E-state index contributed by atoms with van der Waals surface area (Å²) in [6, 6.07) is 8.74. The minimum atomic E-state index is -0.742. The van der Waals surface area contributed by atoms with E-state index in [1.807, 2.05) is 26.8 Å². The van der Waals surface area contributed by atoms with Gasteiger partial charge in [0.05, 0.1) is 22.1 Å². The van der Waals surface area contributed by atoms with Crippen LogP contribution in [0.3, 0.4) is 0 Å². The second-order valence-electron chi connectivity index (χ2n) is 9.10. The van der Waals surface area contributed by atoms with Gasteiger partial charge in [0.2, 0.25) is 6.10 Å². The van der Waals surface area contributed by atoms with Crippen molar-refractivity contribution in [2.75, 3.05) is 12.4 Å². The fourth-order valence-electron chi connectivity index (χ4n) is 3.55. The van der Waals surface area contributed by atoms with Gasteiger partial charge in [-0.15, -0.1) is 0 Å². The predicted octanol–water partition coefficient (Wildman–Crippen LogP) is 5.23. The molecule has 2 N–H and O–H groups in total. The Labute approximate surface area is 229 Å². The van der Waals surface area contributed by atoms with E-state index >= 15 is 0 Å². The fourth-order valence-corrected chi connectivity index (χ4v) is 5.07. The standard InChI is InChI=1S/C24H23Br2ClN6O3/c1-24(2,3)19-11-17(33(31-19)21-15(27)6-5-7-29-21)22(34)30-20-13(8-12(25)9-14(20)26)16-10-18(36-32-16)23(35)28-4/h5-9,11,18H,10H2,1-4H3,(H,28,35)(H,30,34). The smallest absolute Gasteiger partial charge is 0.274 e. The number of nitrogens with one attached hydrogen (secondary N) is 2. The molecule has 2 amide bonds. The summed E-state index contributed by atoms with van der Waals surface area (Å²) in [6.45, 7) is 6.02. The van der Waals surface area contributed by atoms with Crippen LogP contribution in [0.5, 0.6) is 0 Å². The van der Waals surface area contributed by atoms with Crippen LogP contribution in [0, 0.1) is 0 Å². The zero-order chi connectivity index (χ0) is 26.2. The normalized spacial score (nSPS) is 15.3. The predicted molar refractivity (Wildman–Crippen MR) is 145 cm³/mol. The second kappa shape index (κ2) is 10.3. The Morgan fingerprint density at radius 1 is 1.22 bits per heavy atom. The van der Waals surface area contributed by atoms with E-state index in [4.69, 9.17) is 16.4 Å². The van der Waals surface area contributed by atoms with Crippen molar-refractivity contribution >= 4 is 66.7 Å². The molecular formula is C24H23Br2ClN6O3. The lowest BCUT2D eigenvalue weighted by atomic mass is 9.92. The van der Waals surface area contributed by atoms with Crippen LogP contribution in [0.1, 0.15) is 48.9 Å². The third-order valence-electron chi connectivity index (χ3n) is 5.46. The highest BCUT2D eigenvalue weighted by molar-refractivity contribution is 9.11. The Morgan fingerprint density at radius 2 is 1.97 bits per heavy atom. The van der Waals surface area contributed by atoms with Gasteiger partial charge in [-0.25, -0.2) is 9.67 Å². The number of anilines is 1. The molecule has 1 atom stereocenters. The molecule has 9 nitrogen and oxygen atoms in total. The lowest BCUT2D eigenvalue weighted by molar-refractivity contribution is -0.130. The number of halogens is 3. The number of likely N-dealkylation sites (N-methyl/N-ethyl adjacent to an activating group) is 1. The highest BCUT2D eigenvalue weighted by Gasteiger charge is 2.31. The first-order valence-corrected chi connectivity index (χ1v) is 12.9. The number of hydrogen-bond donors (Lipinski definition) is 2. The molecule has 3 heterocycles. The Kier molecular flexibility index (Phi) is 7.53. The number of nitrogens with zero attached hydrogens (tertiary/aromatic N) is 4. The average molecular weight is 639 g/mol. The topological polar surface area (TPSA) is 111 Å². The minimum absolute atomic E-state index is 0.251. The molecule has 12 heteroatoms. The molecule has 0 saturated carbocycles. The summed E-state index contributed by atoms with van der Waals surface area (Å²) in [7, 11) is 1.54. The number of carbonyl (C=O) groups is 2. The van der Waals surface area contributed by atoms with Crippen molar-refractivity contribution in [1.29, 1.82) is 0 Å². The van der Waals surface area contributed by atoms with Gasteiger partial charge in [0.25, 0.3) is 11.8 Å². The van der Waals surface area contributed by atoms with E-state index in [1.165, 1.54) is 11.7 Å². The molecule has 0 aliphatic carbocycles. The Morgan fingerprint density at radius 3 is 2.64 bits per heavy atom. The number of rotatable bonds is 5. The zero-order valence-electron chi connectivity index (χ0n) is 19.9. The maximum absolute atomic E-state index is 13.7.